The first-order valence-electron chi connectivity index (χ1n) is 6.42. The van der Waals surface area contributed by atoms with E-state index in [0.29, 0.717) is 0 Å². The van der Waals surface area contributed by atoms with Crippen LogP contribution in [0.4, 0.5) is 8.78 Å². The van der Waals surface area contributed by atoms with Crippen molar-refractivity contribution < 1.29 is 23.5 Å². The average molecular weight is 308 g/mol. The Labute approximate surface area is 125 Å². The van der Waals surface area contributed by atoms with Crippen molar-refractivity contribution in [1.29, 1.82) is 0 Å². The number of nitrogens with one attached hydrogen (secondary N) is 1. The number of carbonyl (C=O) groups excluding carboxylic acids is 1. The van der Waals surface area contributed by atoms with Crippen molar-refractivity contribution in [3.63, 3.8) is 0 Å². The minimum Gasteiger partial charge on any atom is -0.479 e. The highest BCUT2D eigenvalue weighted by Crippen LogP contribution is 2.20. The molecule has 0 radical (unpaired) electrons. The van der Waals surface area contributed by atoms with Crippen LogP contribution in [0.3, 0.4) is 0 Å². The van der Waals surface area contributed by atoms with Gasteiger partial charge >= 0.3 is 5.97 Å². The van der Waals surface area contributed by atoms with Gasteiger partial charge in [-0.2, -0.15) is 0 Å². The molecule has 1 aromatic carbocycles. The minimum atomic E-state index is -1.68. The van der Waals surface area contributed by atoms with Gasteiger partial charge in [-0.3, -0.25) is 4.79 Å². The number of aryl methyl sites for hydroxylation is 1. The van der Waals surface area contributed by atoms with Gasteiger partial charge < -0.3 is 15.0 Å². The Morgan fingerprint density at radius 3 is 2.45 bits per heavy atom. The molecule has 22 heavy (non-hydrogen) atoms. The fraction of sp³-hybridized carbons (Fsp3) is 0.200. The molecule has 0 aliphatic carbocycles. The quantitative estimate of drug-likeness (QED) is 0.909. The molecule has 0 aliphatic rings. The lowest BCUT2D eigenvalue weighted by atomic mass is 10.1. The minimum absolute atomic E-state index is 0.223. The van der Waals surface area contributed by atoms with Crippen LogP contribution in [-0.2, 0) is 11.8 Å². The fourth-order valence-corrected chi connectivity index (χ4v) is 2.05. The molecule has 1 atom stereocenters. The van der Waals surface area contributed by atoms with Crippen LogP contribution in [0.15, 0.2) is 30.3 Å². The highest BCUT2D eigenvalue weighted by molar-refractivity contribution is 5.95. The van der Waals surface area contributed by atoms with E-state index in [4.69, 9.17) is 0 Å². The number of aliphatic carboxylic acids is 1. The predicted molar refractivity (Wildman–Crippen MR) is 74.4 cm³/mol. The smallest absolute Gasteiger partial charge is 0.331 e. The summed E-state index contributed by atoms with van der Waals surface area (Å²) in [6.45, 7) is 1.78. The SMILES string of the molecule is Cc1ccc(C(=O)NC(C(=O)O)c2cc(F)ccc2F)n1C. The van der Waals surface area contributed by atoms with Gasteiger partial charge in [-0.15, -0.1) is 0 Å². The molecule has 0 aliphatic heterocycles. The molecule has 0 fully saturated rings. The molecule has 7 heteroatoms. The topological polar surface area (TPSA) is 71.3 Å². The van der Waals surface area contributed by atoms with Gasteiger partial charge in [0.15, 0.2) is 6.04 Å². The summed E-state index contributed by atoms with van der Waals surface area (Å²) < 4.78 is 28.5. The Morgan fingerprint density at radius 1 is 1.23 bits per heavy atom. The van der Waals surface area contributed by atoms with E-state index in [1.165, 1.54) is 6.07 Å². The van der Waals surface area contributed by atoms with E-state index in [2.05, 4.69) is 5.32 Å². The number of amides is 1. The Hall–Kier alpha value is -2.70. The molecule has 0 saturated heterocycles. The highest BCUT2D eigenvalue weighted by Gasteiger charge is 2.27. The van der Waals surface area contributed by atoms with E-state index in [0.717, 1.165) is 23.9 Å². The van der Waals surface area contributed by atoms with Crippen molar-refractivity contribution in [2.24, 2.45) is 7.05 Å². The first kappa shape index (κ1) is 15.7. The Morgan fingerprint density at radius 2 is 1.91 bits per heavy atom. The Bertz CT molecular complexity index is 740. The van der Waals surface area contributed by atoms with Crippen molar-refractivity contribution >= 4 is 11.9 Å². The van der Waals surface area contributed by atoms with Crippen LogP contribution in [0.2, 0.25) is 0 Å². The lowest BCUT2D eigenvalue weighted by Gasteiger charge is -2.16. The molecular formula is C15H14F2N2O3. The van der Waals surface area contributed by atoms with E-state index >= 15 is 0 Å². The van der Waals surface area contributed by atoms with Gasteiger partial charge in [-0.25, -0.2) is 13.6 Å². The number of carboxylic acids is 1. The lowest BCUT2D eigenvalue weighted by molar-refractivity contribution is -0.139. The summed E-state index contributed by atoms with van der Waals surface area (Å²) in [6.07, 6.45) is 0. The van der Waals surface area contributed by atoms with Crippen molar-refractivity contribution in [1.82, 2.24) is 9.88 Å². The van der Waals surface area contributed by atoms with Gasteiger partial charge in [-0.05, 0) is 37.3 Å². The molecule has 1 aromatic heterocycles. The summed E-state index contributed by atoms with van der Waals surface area (Å²) in [4.78, 5) is 23.5. The van der Waals surface area contributed by atoms with E-state index in [9.17, 15) is 23.5 Å². The number of benzene rings is 1. The van der Waals surface area contributed by atoms with Crippen molar-refractivity contribution in [2.75, 3.05) is 0 Å². The highest BCUT2D eigenvalue weighted by atomic mass is 19.1. The monoisotopic (exact) mass is 308 g/mol. The molecule has 2 N–H and O–H groups in total. The molecule has 0 spiro atoms. The Kier molecular flexibility index (Phi) is 4.25. The second-order valence-electron chi connectivity index (χ2n) is 4.83. The first-order valence-corrected chi connectivity index (χ1v) is 6.42. The van der Waals surface area contributed by atoms with Gasteiger partial charge in [0.2, 0.25) is 0 Å². The van der Waals surface area contributed by atoms with E-state index < -0.39 is 35.1 Å². The molecule has 1 heterocycles. The molecule has 2 rings (SSSR count). The summed E-state index contributed by atoms with van der Waals surface area (Å²) in [7, 11) is 1.64. The number of aromatic nitrogens is 1. The fourth-order valence-electron chi connectivity index (χ4n) is 2.05. The average Bonchev–Trinajstić information content (AvgIpc) is 2.79. The normalized spacial score (nSPS) is 12.0. The van der Waals surface area contributed by atoms with Gasteiger partial charge in [0.25, 0.3) is 5.91 Å². The molecule has 5 nitrogen and oxygen atoms in total. The summed E-state index contributed by atoms with van der Waals surface area (Å²) in [6, 6.07) is 3.97. The van der Waals surface area contributed by atoms with Gasteiger partial charge in [0.1, 0.15) is 17.3 Å². The zero-order valence-electron chi connectivity index (χ0n) is 11.9. The standard InChI is InChI=1S/C15H14F2N2O3/c1-8-3-6-12(19(8)2)14(20)18-13(15(21)22)10-7-9(16)4-5-11(10)17/h3-7,13H,1-2H3,(H,18,20)(H,21,22). The maximum Gasteiger partial charge on any atom is 0.331 e. The van der Waals surface area contributed by atoms with E-state index in [1.54, 1.807) is 24.6 Å². The number of carbonyl (C=O) groups is 2. The van der Waals surface area contributed by atoms with Crippen LogP contribution < -0.4 is 5.32 Å². The summed E-state index contributed by atoms with van der Waals surface area (Å²) in [5.74, 6) is -3.86. The summed E-state index contributed by atoms with van der Waals surface area (Å²) in [5.41, 5.74) is 0.585. The van der Waals surface area contributed by atoms with Crippen LogP contribution in [0.25, 0.3) is 0 Å². The molecule has 2 aromatic rings. The van der Waals surface area contributed by atoms with Crippen molar-refractivity contribution in [3.8, 4) is 0 Å². The number of nitrogens with zero attached hydrogens (tertiary/aromatic N) is 1. The number of carboxylic acid groups (broad SMARTS) is 1. The van der Waals surface area contributed by atoms with E-state index in [-0.39, 0.29) is 5.69 Å². The molecular weight excluding hydrogens is 294 g/mol. The maximum absolute atomic E-state index is 13.7. The van der Waals surface area contributed by atoms with Crippen LogP contribution in [0.1, 0.15) is 27.8 Å². The number of halogens is 2. The molecule has 0 saturated carbocycles. The van der Waals surface area contributed by atoms with Gasteiger partial charge in [0.05, 0.1) is 0 Å². The maximum atomic E-state index is 13.7. The zero-order valence-corrected chi connectivity index (χ0v) is 11.9. The second kappa shape index (κ2) is 5.97. The lowest BCUT2D eigenvalue weighted by Crippen LogP contribution is -2.35. The second-order valence-corrected chi connectivity index (χ2v) is 4.83. The van der Waals surface area contributed by atoms with Crippen LogP contribution in [0, 0.1) is 18.6 Å². The number of rotatable bonds is 4. The van der Waals surface area contributed by atoms with E-state index in [1.807, 2.05) is 0 Å². The van der Waals surface area contributed by atoms with Gasteiger partial charge in [0, 0.05) is 18.3 Å². The summed E-state index contributed by atoms with van der Waals surface area (Å²) in [5, 5.41) is 11.4. The van der Waals surface area contributed by atoms with Gasteiger partial charge in [-0.1, -0.05) is 0 Å². The predicted octanol–water partition coefficient (Wildman–Crippen LogP) is 2.17. The number of hydrogen-bond acceptors (Lipinski definition) is 2. The largest absolute Gasteiger partial charge is 0.479 e. The molecule has 0 bridgehead atoms. The number of hydrogen-bond donors (Lipinski definition) is 2. The van der Waals surface area contributed by atoms with Crippen molar-refractivity contribution in [3.05, 3.63) is 58.9 Å². The summed E-state index contributed by atoms with van der Waals surface area (Å²) >= 11 is 0. The van der Waals surface area contributed by atoms with Crippen molar-refractivity contribution in [2.45, 2.75) is 13.0 Å². The van der Waals surface area contributed by atoms with Crippen LogP contribution in [-0.4, -0.2) is 21.6 Å². The third-order valence-electron chi connectivity index (χ3n) is 3.40. The van der Waals surface area contributed by atoms with Crippen LogP contribution in [0.5, 0.6) is 0 Å². The molecule has 1 unspecified atom stereocenters. The third-order valence-corrected chi connectivity index (χ3v) is 3.40. The zero-order chi connectivity index (χ0) is 16.4. The first-order chi connectivity index (χ1) is 10.3. The third kappa shape index (κ3) is 2.98. The Balaban J connectivity index is 2.34. The molecule has 1 amide bonds. The van der Waals surface area contributed by atoms with Crippen LogP contribution >= 0.6 is 0 Å². The molecule has 116 valence electrons.